The van der Waals surface area contributed by atoms with Gasteiger partial charge in [-0.1, -0.05) is 22.0 Å². The van der Waals surface area contributed by atoms with Crippen LogP contribution in [0.5, 0.6) is 0 Å². The highest BCUT2D eigenvalue weighted by Gasteiger charge is 2.14. The molecule has 1 aromatic carbocycles. The first kappa shape index (κ1) is 14.1. The Balaban J connectivity index is 2.13. The van der Waals surface area contributed by atoms with Crippen molar-refractivity contribution in [2.45, 2.75) is 17.9 Å². The minimum atomic E-state index is -0.157. The van der Waals surface area contributed by atoms with E-state index in [1.807, 2.05) is 31.2 Å². The molecule has 1 atom stereocenters. The van der Waals surface area contributed by atoms with Crippen molar-refractivity contribution in [3.8, 4) is 0 Å². The highest BCUT2D eigenvalue weighted by atomic mass is 79.9. The van der Waals surface area contributed by atoms with Crippen LogP contribution in [0.25, 0.3) is 0 Å². The molecule has 0 saturated heterocycles. The lowest BCUT2D eigenvalue weighted by atomic mass is 10.1. The van der Waals surface area contributed by atoms with Crippen LogP contribution in [0.15, 0.2) is 52.0 Å². The Labute approximate surface area is 126 Å². The molecule has 2 aromatic rings. The number of pyridine rings is 1. The second kappa shape index (κ2) is 6.21. The van der Waals surface area contributed by atoms with E-state index in [4.69, 9.17) is 0 Å². The molecule has 0 aliphatic carbocycles. The summed E-state index contributed by atoms with van der Waals surface area (Å²) in [5.41, 5.74) is 1.38. The highest BCUT2D eigenvalue weighted by Crippen LogP contribution is 2.20. The molecule has 0 aliphatic rings. The molecular weight excluding hydrogens is 324 g/mol. The zero-order valence-electron chi connectivity index (χ0n) is 10.3. The van der Waals surface area contributed by atoms with Gasteiger partial charge < -0.3 is 5.32 Å². The fraction of sp³-hybridized carbons (Fsp3) is 0.143. The highest BCUT2D eigenvalue weighted by molar-refractivity contribution is 9.10. The minimum Gasteiger partial charge on any atom is -0.344 e. The molecule has 0 aliphatic heterocycles. The average molecular weight is 337 g/mol. The first-order chi connectivity index (χ1) is 9.08. The summed E-state index contributed by atoms with van der Waals surface area (Å²) in [6.07, 6.45) is 1.71. The SMILES string of the molecule is CC(NC(=O)c1ccc(Br)cc1S)c1ccccn1. The standard InChI is InChI=1S/C14H13BrN2OS/c1-9(12-4-2-3-7-16-12)17-14(18)11-6-5-10(15)8-13(11)19/h2-9,19H,1H3,(H,17,18). The third-order valence-corrected chi connectivity index (χ3v) is 3.55. The molecule has 98 valence electrons. The van der Waals surface area contributed by atoms with Crippen molar-refractivity contribution >= 4 is 34.5 Å². The van der Waals surface area contributed by atoms with Gasteiger partial charge >= 0.3 is 0 Å². The van der Waals surface area contributed by atoms with E-state index < -0.39 is 0 Å². The number of rotatable bonds is 3. The van der Waals surface area contributed by atoms with Gasteiger partial charge in [-0.3, -0.25) is 9.78 Å². The molecule has 1 unspecified atom stereocenters. The first-order valence-corrected chi connectivity index (χ1v) is 7.02. The van der Waals surface area contributed by atoms with E-state index in [9.17, 15) is 4.79 Å². The number of hydrogen-bond donors (Lipinski definition) is 2. The Kier molecular flexibility index (Phi) is 4.61. The molecule has 0 fully saturated rings. The Morgan fingerprint density at radius 2 is 2.16 bits per heavy atom. The van der Waals surface area contributed by atoms with E-state index >= 15 is 0 Å². The normalized spacial score (nSPS) is 11.9. The maximum absolute atomic E-state index is 12.2. The molecule has 1 amide bonds. The number of benzene rings is 1. The van der Waals surface area contributed by atoms with E-state index in [2.05, 4.69) is 38.9 Å². The zero-order valence-corrected chi connectivity index (χ0v) is 12.8. The molecule has 0 bridgehead atoms. The number of aromatic nitrogens is 1. The van der Waals surface area contributed by atoms with Crippen LogP contribution >= 0.6 is 28.6 Å². The molecule has 1 aromatic heterocycles. The van der Waals surface area contributed by atoms with Gasteiger partial charge in [0, 0.05) is 15.6 Å². The van der Waals surface area contributed by atoms with E-state index in [0.717, 1.165) is 10.2 Å². The van der Waals surface area contributed by atoms with Gasteiger partial charge in [-0.2, -0.15) is 0 Å². The zero-order chi connectivity index (χ0) is 13.8. The first-order valence-electron chi connectivity index (χ1n) is 5.78. The second-order valence-electron chi connectivity index (χ2n) is 4.11. The Hall–Kier alpha value is -1.33. The Morgan fingerprint density at radius 1 is 1.37 bits per heavy atom. The average Bonchev–Trinajstić information content (AvgIpc) is 2.39. The third kappa shape index (κ3) is 3.58. The molecule has 5 heteroatoms. The molecule has 3 nitrogen and oxygen atoms in total. The molecular formula is C14H13BrN2OS. The van der Waals surface area contributed by atoms with Gasteiger partial charge in [0.15, 0.2) is 0 Å². The number of amides is 1. The van der Waals surface area contributed by atoms with Crippen molar-refractivity contribution < 1.29 is 4.79 Å². The quantitative estimate of drug-likeness (QED) is 0.840. The molecule has 0 saturated carbocycles. The van der Waals surface area contributed by atoms with Gasteiger partial charge in [-0.05, 0) is 37.3 Å². The molecule has 1 heterocycles. The van der Waals surface area contributed by atoms with E-state index in [1.54, 1.807) is 18.3 Å². The fourth-order valence-electron chi connectivity index (χ4n) is 1.68. The van der Waals surface area contributed by atoms with Gasteiger partial charge in [0.2, 0.25) is 0 Å². The minimum absolute atomic E-state index is 0.148. The lowest BCUT2D eigenvalue weighted by molar-refractivity contribution is 0.0936. The summed E-state index contributed by atoms with van der Waals surface area (Å²) in [5, 5.41) is 2.91. The van der Waals surface area contributed by atoms with E-state index in [-0.39, 0.29) is 11.9 Å². The number of halogens is 1. The van der Waals surface area contributed by atoms with E-state index in [1.165, 1.54) is 0 Å². The van der Waals surface area contributed by atoms with Crippen LogP contribution < -0.4 is 5.32 Å². The Bertz CT molecular complexity index is 589. The number of hydrogen-bond acceptors (Lipinski definition) is 3. The number of carbonyl (C=O) groups excluding carboxylic acids is 1. The van der Waals surface area contributed by atoms with Gasteiger partial charge in [-0.15, -0.1) is 12.6 Å². The van der Waals surface area contributed by atoms with Crippen molar-refractivity contribution in [1.82, 2.24) is 10.3 Å². The second-order valence-corrected chi connectivity index (χ2v) is 5.51. The third-order valence-electron chi connectivity index (χ3n) is 2.68. The summed E-state index contributed by atoms with van der Waals surface area (Å²) in [6, 6.07) is 10.8. The number of thiol groups is 1. The van der Waals surface area contributed by atoms with Crippen LogP contribution in [-0.4, -0.2) is 10.9 Å². The Morgan fingerprint density at radius 3 is 2.79 bits per heavy atom. The maximum atomic E-state index is 12.2. The molecule has 0 radical (unpaired) electrons. The largest absolute Gasteiger partial charge is 0.344 e. The predicted molar refractivity (Wildman–Crippen MR) is 81.5 cm³/mol. The number of carbonyl (C=O) groups is 1. The summed E-state index contributed by atoms with van der Waals surface area (Å²) in [7, 11) is 0. The maximum Gasteiger partial charge on any atom is 0.252 e. The van der Waals surface area contributed by atoms with E-state index in [0.29, 0.717) is 10.5 Å². The molecule has 0 spiro atoms. The smallest absolute Gasteiger partial charge is 0.252 e. The predicted octanol–water partition coefficient (Wildman–Crippen LogP) is 3.62. The molecule has 2 rings (SSSR count). The molecule has 19 heavy (non-hydrogen) atoms. The summed E-state index contributed by atoms with van der Waals surface area (Å²) in [4.78, 5) is 17.0. The summed E-state index contributed by atoms with van der Waals surface area (Å²) < 4.78 is 0.895. The summed E-state index contributed by atoms with van der Waals surface area (Å²) in [5.74, 6) is -0.157. The van der Waals surface area contributed by atoms with Gasteiger partial charge in [0.25, 0.3) is 5.91 Å². The van der Waals surface area contributed by atoms with Crippen LogP contribution in [0.4, 0.5) is 0 Å². The monoisotopic (exact) mass is 336 g/mol. The van der Waals surface area contributed by atoms with Crippen LogP contribution in [0.3, 0.4) is 0 Å². The lowest BCUT2D eigenvalue weighted by Gasteiger charge is -2.14. The van der Waals surface area contributed by atoms with Crippen molar-refractivity contribution in [3.63, 3.8) is 0 Å². The van der Waals surface area contributed by atoms with Gasteiger partial charge in [-0.25, -0.2) is 0 Å². The summed E-state index contributed by atoms with van der Waals surface area (Å²) >= 11 is 7.65. The van der Waals surface area contributed by atoms with Crippen LogP contribution in [0.2, 0.25) is 0 Å². The molecule has 1 N–H and O–H groups in total. The van der Waals surface area contributed by atoms with Crippen LogP contribution in [-0.2, 0) is 0 Å². The topological polar surface area (TPSA) is 42.0 Å². The lowest BCUT2D eigenvalue weighted by Crippen LogP contribution is -2.27. The number of nitrogens with zero attached hydrogens (tertiary/aromatic N) is 1. The summed E-state index contributed by atoms with van der Waals surface area (Å²) in [6.45, 7) is 1.90. The fourth-order valence-corrected chi connectivity index (χ4v) is 2.53. The number of nitrogens with one attached hydrogen (secondary N) is 1. The van der Waals surface area contributed by atoms with Crippen LogP contribution in [0.1, 0.15) is 29.0 Å². The van der Waals surface area contributed by atoms with Crippen LogP contribution in [0, 0.1) is 0 Å². The van der Waals surface area contributed by atoms with Crippen molar-refractivity contribution in [3.05, 3.63) is 58.3 Å². The van der Waals surface area contributed by atoms with Crippen molar-refractivity contribution in [2.75, 3.05) is 0 Å². The van der Waals surface area contributed by atoms with Gasteiger partial charge in [0.1, 0.15) is 0 Å². The van der Waals surface area contributed by atoms with Gasteiger partial charge in [0.05, 0.1) is 17.3 Å². The van der Waals surface area contributed by atoms with Crippen molar-refractivity contribution in [2.24, 2.45) is 0 Å². The van der Waals surface area contributed by atoms with Crippen molar-refractivity contribution in [1.29, 1.82) is 0 Å².